The maximum Gasteiger partial charge on any atom is 0.227 e. The SMILES string of the molecule is Cn1cncc1CCc1nc(CCc2ccc3c(c2)CCO3)no1. The van der Waals surface area contributed by atoms with Crippen LogP contribution in [0, 0.1) is 0 Å². The fraction of sp³-hybridized carbons (Fsp3) is 0.389. The third-order valence-electron chi connectivity index (χ3n) is 4.41. The lowest BCUT2D eigenvalue weighted by molar-refractivity contribution is 0.357. The normalized spacial score (nSPS) is 13.0. The zero-order valence-electron chi connectivity index (χ0n) is 13.7. The molecule has 3 aromatic rings. The number of hydrogen-bond donors (Lipinski definition) is 0. The molecule has 124 valence electrons. The van der Waals surface area contributed by atoms with E-state index >= 15 is 0 Å². The van der Waals surface area contributed by atoms with Gasteiger partial charge in [-0.3, -0.25) is 0 Å². The number of ether oxygens (including phenoxy) is 1. The molecule has 4 rings (SSSR count). The van der Waals surface area contributed by atoms with Gasteiger partial charge in [0.05, 0.1) is 12.9 Å². The van der Waals surface area contributed by atoms with E-state index in [1.807, 2.05) is 17.8 Å². The number of nitrogens with zero attached hydrogens (tertiary/aromatic N) is 4. The molecule has 0 amide bonds. The lowest BCUT2D eigenvalue weighted by Crippen LogP contribution is -1.99. The van der Waals surface area contributed by atoms with Gasteiger partial charge in [-0.15, -0.1) is 0 Å². The van der Waals surface area contributed by atoms with Gasteiger partial charge in [-0.1, -0.05) is 17.3 Å². The summed E-state index contributed by atoms with van der Waals surface area (Å²) >= 11 is 0. The second-order valence-corrected chi connectivity index (χ2v) is 6.14. The summed E-state index contributed by atoms with van der Waals surface area (Å²) in [6.07, 6.45) is 7.96. The summed E-state index contributed by atoms with van der Waals surface area (Å²) in [4.78, 5) is 8.61. The Bertz CT molecular complexity index is 837. The minimum atomic E-state index is 0.688. The van der Waals surface area contributed by atoms with Crippen LogP contribution in [0.4, 0.5) is 0 Å². The van der Waals surface area contributed by atoms with Crippen molar-refractivity contribution in [3.8, 4) is 5.75 Å². The van der Waals surface area contributed by atoms with E-state index in [0.29, 0.717) is 5.89 Å². The van der Waals surface area contributed by atoms with E-state index < -0.39 is 0 Å². The molecule has 0 radical (unpaired) electrons. The highest BCUT2D eigenvalue weighted by atomic mass is 16.5. The lowest BCUT2D eigenvalue weighted by Gasteiger charge is -2.02. The van der Waals surface area contributed by atoms with Gasteiger partial charge in [-0.25, -0.2) is 4.98 Å². The molecule has 1 aliphatic heterocycles. The van der Waals surface area contributed by atoms with Crippen LogP contribution in [-0.4, -0.2) is 26.3 Å². The highest BCUT2D eigenvalue weighted by Crippen LogP contribution is 2.26. The van der Waals surface area contributed by atoms with Crippen LogP contribution in [0.1, 0.15) is 28.5 Å². The Morgan fingerprint density at radius 3 is 3.00 bits per heavy atom. The van der Waals surface area contributed by atoms with E-state index in [4.69, 9.17) is 9.26 Å². The summed E-state index contributed by atoms with van der Waals surface area (Å²) in [5, 5.41) is 4.09. The maximum absolute atomic E-state index is 5.54. The van der Waals surface area contributed by atoms with Crippen LogP contribution < -0.4 is 4.74 Å². The molecule has 0 N–H and O–H groups in total. The second kappa shape index (κ2) is 6.47. The monoisotopic (exact) mass is 324 g/mol. The molecular formula is C18H20N4O2. The van der Waals surface area contributed by atoms with E-state index in [0.717, 1.165) is 56.0 Å². The van der Waals surface area contributed by atoms with Crippen LogP contribution in [0.15, 0.2) is 35.2 Å². The fourth-order valence-electron chi connectivity index (χ4n) is 3.01. The van der Waals surface area contributed by atoms with Crippen LogP contribution in [0.2, 0.25) is 0 Å². The Morgan fingerprint density at radius 2 is 2.12 bits per heavy atom. The molecule has 0 saturated heterocycles. The second-order valence-electron chi connectivity index (χ2n) is 6.14. The topological polar surface area (TPSA) is 66.0 Å². The molecule has 24 heavy (non-hydrogen) atoms. The maximum atomic E-state index is 5.54. The largest absolute Gasteiger partial charge is 0.493 e. The Hall–Kier alpha value is -2.63. The van der Waals surface area contributed by atoms with Crippen molar-refractivity contribution in [3.05, 3.63) is 59.3 Å². The van der Waals surface area contributed by atoms with Crippen LogP contribution in [0.5, 0.6) is 5.75 Å². The number of imidazole rings is 1. The molecule has 0 aliphatic carbocycles. The molecular weight excluding hydrogens is 304 g/mol. The van der Waals surface area contributed by atoms with Gasteiger partial charge in [-0.2, -0.15) is 4.98 Å². The fourth-order valence-corrected chi connectivity index (χ4v) is 3.01. The Balaban J connectivity index is 1.33. The van der Waals surface area contributed by atoms with Crippen molar-refractivity contribution in [2.75, 3.05) is 6.61 Å². The highest BCUT2D eigenvalue weighted by molar-refractivity contribution is 5.39. The Morgan fingerprint density at radius 1 is 1.17 bits per heavy atom. The van der Waals surface area contributed by atoms with E-state index in [2.05, 4.69) is 33.3 Å². The zero-order valence-corrected chi connectivity index (χ0v) is 13.7. The zero-order chi connectivity index (χ0) is 16.4. The summed E-state index contributed by atoms with van der Waals surface area (Å²) < 4.78 is 12.9. The summed E-state index contributed by atoms with van der Waals surface area (Å²) in [5.74, 6) is 2.48. The highest BCUT2D eigenvalue weighted by Gasteiger charge is 2.13. The first-order valence-electron chi connectivity index (χ1n) is 8.29. The summed E-state index contributed by atoms with van der Waals surface area (Å²) in [6, 6.07) is 6.41. The van der Waals surface area contributed by atoms with Gasteiger partial charge >= 0.3 is 0 Å². The predicted octanol–water partition coefficient (Wildman–Crippen LogP) is 2.31. The molecule has 6 nitrogen and oxygen atoms in total. The van der Waals surface area contributed by atoms with Crippen molar-refractivity contribution < 1.29 is 9.26 Å². The Labute approximate surface area is 140 Å². The third kappa shape index (κ3) is 3.18. The van der Waals surface area contributed by atoms with Gasteiger partial charge in [-0.05, 0) is 30.0 Å². The first kappa shape index (κ1) is 14.9. The summed E-state index contributed by atoms with van der Waals surface area (Å²) in [5.41, 5.74) is 3.76. The minimum absolute atomic E-state index is 0.688. The van der Waals surface area contributed by atoms with Gasteiger partial charge < -0.3 is 13.8 Å². The molecule has 0 fully saturated rings. The third-order valence-corrected chi connectivity index (χ3v) is 4.41. The van der Waals surface area contributed by atoms with Crippen molar-refractivity contribution in [1.29, 1.82) is 0 Å². The molecule has 2 aromatic heterocycles. The molecule has 1 aliphatic rings. The van der Waals surface area contributed by atoms with Crippen LogP contribution in [-0.2, 0) is 39.2 Å². The number of fused-ring (bicyclic) bond motifs is 1. The lowest BCUT2D eigenvalue weighted by atomic mass is 10.0. The minimum Gasteiger partial charge on any atom is -0.493 e. The molecule has 3 heterocycles. The van der Waals surface area contributed by atoms with E-state index in [1.54, 1.807) is 6.33 Å². The first-order chi connectivity index (χ1) is 11.8. The number of rotatable bonds is 6. The Kier molecular flexibility index (Phi) is 4.02. The van der Waals surface area contributed by atoms with Crippen LogP contribution in [0.3, 0.4) is 0 Å². The summed E-state index contributed by atoms with van der Waals surface area (Å²) in [7, 11) is 1.99. The molecule has 0 unspecified atom stereocenters. The van der Waals surface area contributed by atoms with E-state index in [1.165, 1.54) is 11.1 Å². The van der Waals surface area contributed by atoms with Crippen molar-refractivity contribution in [1.82, 2.24) is 19.7 Å². The van der Waals surface area contributed by atoms with Crippen molar-refractivity contribution in [2.24, 2.45) is 7.05 Å². The van der Waals surface area contributed by atoms with Crippen molar-refractivity contribution in [3.63, 3.8) is 0 Å². The molecule has 0 atom stereocenters. The quantitative estimate of drug-likeness (QED) is 0.696. The molecule has 0 spiro atoms. The van der Waals surface area contributed by atoms with Gasteiger partial charge in [0.2, 0.25) is 5.89 Å². The molecule has 6 heteroatoms. The van der Waals surface area contributed by atoms with Crippen LogP contribution in [0.25, 0.3) is 0 Å². The van der Waals surface area contributed by atoms with E-state index in [-0.39, 0.29) is 0 Å². The summed E-state index contributed by atoms with van der Waals surface area (Å²) in [6.45, 7) is 0.795. The van der Waals surface area contributed by atoms with Gasteiger partial charge in [0.1, 0.15) is 5.75 Å². The van der Waals surface area contributed by atoms with Gasteiger partial charge in [0.15, 0.2) is 5.82 Å². The van der Waals surface area contributed by atoms with Gasteiger partial charge in [0.25, 0.3) is 0 Å². The van der Waals surface area contributed by atoms with Crippen molar-refractivity contribution >= 4 is 0 Å². The number of aromatic nitrogens is 4. The average molecular weight is 324 g/mol. The molecule has 0 saturated carbocycles. The number of hydrogen-bond acceptors (Lipinski definition) is 5. The van der Waals surface area contributed by atoms with Crippen LogP contribution >= 0.6 is 0 Å². The standard InChI is InChI=1S/C18H20N4O2/c1-22-12-19-11-15(22)4-7-18-20-17(21-24-18)6-3-13-2-5-16-14(10-13)8-9-23-16/h2,5,10-12H,3-4,6-9H2,1H3. The number of benzene rings is 1. The smallest absolute Gasteiger partial charge is 0.227 e. The molecule has 1 aromatic carbocycles. The average Bonchev–Trinajstić information content (AvgIpc) is 3.31. The van der Waals surface area contributed by atoms with Crippen molar-refractivity contribution in [2.45, 2.75) is 32.1 Å². The number of aryl methyl sites for hydroxylation is 5. The predicted molar refractivity (Wildman–Crippen MR) is 88.0 cm³/mol. The molecule has 0 bridgehead atoms. The van der Waals surface area contributed by atoms with E-state index in [9.17, 15) is 0 Å². The van der Waals surface area contributed by atoms with Gasteiger partial charge in [0, 0.05) is 38.2 Å². The first-order valence-corrected chi connectivity index (χ1v) is 8.29.